The zero-order valence-corrected chi connectivity index (χ0v) is 14.7. The molecule has 3 rings (SSSR count). The van der Waals surface area contributed by atoms with Crippen LogP contribution in [-0.2, 0) is 11.2 Å². The van der Waals surface area contributed by atoms with Gasteiger partial charge in [0.2, 0.25) is 0 Å². The first kappa shape index (κ1) is 18.1. The Morgan fingerprint density at radius 2 is 2.15 bits per heavy atom. The summed E-state index contributed by atoms with van der Waals surface area (Å²) in [6.07, 6.45) is 10.1. The molecule has 1 unspecified atom stereocenters. The Morgan fingerprint density at radius 3 is 2.85 bits per heavy atom. The van der Waals surface area contributed by atoms with E-state index in [-0.39, 0.29) is 18.2 Å². The van der Waals surface area contributed by atoms with E-state index in [4.69, 9.17) is 11.5 Å². The van der Waals surface area contributed by atoms with Gasteiger partial charge in [0.25, 0.3) is 5.91 Å². The van der Waals surface area contributed by atoms with Crippen LogP contribution in [0.5, 0.6) is 0 Å². The highest BCUT2D eigenvalue weighted by Crippen LogP contribution is 2.36. The van der Waals surface area contributed by atoms with E-state index in [0.29, 0.717) is 24.9 Å². The molecule has 0 aromatic heterocycles. The number of fused-ring (bicyclic) bond motifs is 1. The van der Waals surface area contributed by atoms with E-state index in [9.17, 15) is 9.59 Å². The molecular weight excluding hydrogens is 330 g/mol. The van der Waals surface area contributed by atoms with Gasteiger partial charge in [-0.2, -0.15) is 10.2 Å². The molecule has 1 aromatic rings. The number of nitrogens with one attached hydrogen (secondary N) is 1. The molecule has 1 aromatic carbocycles. The van der Waals surface area contributed by atoms with Gasteiger partial charge >= 0.3 is 5.97 Å². The number of amides is 1. The Hall–Kier alpha value is -2.68. The number of hydrogen-bond acceptors (Lipinski definition) is 4. The summed E-state index contributed by atoms with van der Waals surface area (Å²) in [7, 11) is 0. The summed E-state index contributed by atoms with van der Waals surface area (Å²) in [6.45, 7) is 0.478. The van der Waals surface area contributed by atoms with Crippen LogP contribution < -0.4 is 5.32 Å². The average molecular weight is 353 g/mol. The molecular formula is C20H23N3O3. The molecule has 1 atom stereocenters. The number of benzene rings is 1. The van der Waals surface area contributed by atoms with Crippen molar-refractivity contribution >= 4 is 11.9 Å². The zero-order valence-electron chi connectivity index (χ0n) is 14.7. The van der Waals surface area contributed by atoms with Crippen LogP contribution in [0.2, 0.25) is 0 Å². The van der Waals surface area contributed by atoms with Crippen molar-refractivity contribution in [3.05, 3.63) is 34.9 Å². The summed E-state index contributed by atoms with van der Waals surface area (Å²) in [5.74, 6) is 1.62. The number of aryl methyl sites for hydroxylation is 1. The molecule has 0 bridgehead atoms. The summed E-state index contributed by atoms with van der Waals surface area (Å²) < 4.78 is 0. The van der Waals surface area contributed by atoms with Gasteiger partial charge in [0.05, 0.1) is 6.42 Å². The number of carboxylic acid groups (broad SMARTS) is 1. The van der Waals surface area contributed by atoms with Crippen molar-refractivity contribution in [3.63, 3.8) is 0 Å². The van der Waals surface area contributed by atoms with Crippen LogP contribution in [0, 0.1) is 12.3 Å². The van der Waals surface area contributed by atoms with Crippen molar-refractivity contribution < 1.29 is 14.7 Å². The van der Waals surface area contributed by atoms with Gasteiger partial charge in [-0.3, -0.25) is 9.59 Å². The van der Waals surface area contributed by atoms with Crippen molar-refractivity contribution in [2.45, 2.75) is 56.5 Å². The third-order valence-electron chi connectivity index (χ3n) is 5.13. The first-order valence-electron chi connectivity index (χ1n) is 9.03. The van der Waals surface area contributed by atoms with Crippen molar-refractivity contribution in [1.82, 2.24) is 5.32 Å². The van der Waals surface area contributed by atoms with Crippen LogP contribution >= 0.6 is 0 Å². The molecule has 1 heterocycles. The van der Waals surface area contributed by atoms with Crippen molar-refractivity contribution in [2.75, 3.05) is 6.54 Å². The number of hydrogen-bond donors (Lipinski definition) is 2. The molecule has 0 spiro atoms. The maximum Gasteiger partial charge on any atom is 0.303 e. The molecule has 6 heteroatoms. The zero-order chi connectivity index (χ0) is 18.6. The molecule has 1 amide bonds. The van der Waals surface area contributed by atoms with Crippen LogP contribution in [0.1, 0.15) is 65.9 Å². The number of carbonyl (C=O) groups is 2. The molecule has 0 saturated carbocycles. The van der Waals surface area contributed by atoms with Gasteiger partial charge in [-0.25, -0.2) is 0 Å². The summed E-state index contributed by atoms with van der Waals surface area (Å²) in [6, 6.07) is 5.63. The second kappa shape index (κ2) is 7.69. The third-order valence-corrected chi connectivity index (χ3v) is 5.13. The fourth-order valence-electron chi connectivity index (χ4n) is 3.61. The molecule has 0 saturated heterocycles. The van der Waals surface area contributed by atoms with E-state index in [2.05, 4.69) is 21.5 Å². The lowest BCUT2D eigenvalue weighted by Gasteiger charge is -2.25. The molecule has 0 radical (unpaired) electrons. The van der Waals surface area contributed by atoms with E-state index in [0.717, 1.165) is 36.8 Å². The number of rotatable bonds is 8. The fraction of sp³-hybridized carbons (Fsp3) is 0.500. The van der Waals surface area contributed by atoms with Crippen LogP contribution in [-0.4, -0.2) is 29.2 Å². The SMILES string of the molecule is C#CCCC1(CCNC(=O)c2ccc3c(c2)C(CC(=O)O)CCC3)N=N1. The molecule has 1 aliphatic heterocycles. The van der Waals surface area contributed by atoms with E-state index in [1.807, 2.05) is 18.2 Å². The molecule has 1 aliphatic carbocycles. The van der Waals surface area contributed by atoms with Gasteiger partial charge in [-0.1, -0.05) is 6.07 Å². The normalized spacial score (nSPS) is 19.3. The lowest BCUT2D eigenvalue weighted by molar-refractivity contribution is -0.137. The molecule has 26 heavy (non-hydrogen) atoms. The number of aliphatic carboxylic acids is 1. The molecule has 6 nitrogen and oxygen atoms in total. The second-order valence-electron chi connectivity index (χ2n) is 6.99. The Labute approximate surface area is 153 Å². The smallest absolute Gasteiger partial charge is 0.303 e. The van der Waals surface area contributed by atoms with Gasteiger partial charge in [0, 0.05) is 31.4 Å². The minimum absolute atomic E-state index is 0.0138. The third kappa shape index (κ3) is 4.29. The lowest BCUT2D eigenvalue weighted by Crippen LogP contribution is -2.28. The molecule has 2 N–H and O–H groups in total. The predicted molar refractivity (Wildman–Crippen MR) is 97.0 cm³/mol. The largest absolute Gasteiger partial charge is 0.481 e. The van der Waals surface area contributed by atoms with Crippen molar-refractivity contribution in [3.8, 4) is 12.3 Å². The monoisotopic (exact) mass is 353 g/mol. The van der Waals surface area contributed by atoms with Gasteiger partial charge in [-0.15, -0.1) is 12.3 Å². The maximum atomic E-state index is 12.5. The number of carboxylic acids is 1. The minimum Gasteiger partial charge on any atom is -0.481 e. The van der Waals surface area contributed by atoms with Gasteiger partial charge in [-0.05, 0) is 48.4 Å². The number of terminal acetylenes is 1. The highest BCUT2D eigenvalue weighted by Gasteiger charge is 2.38. The van der Waals surface area contributed by atoms with Crippen LogP contribution in [0.15, 0.2) is 28.4 Å². The molecule has 2 aliphatic rings. The Balaban J connectivity index is 1.60. The Bertz CT molecular complexity index is 773. The van der Waals surface area contributed by atoms with Crippen LogP contribution in [0.25, 0.3) is 0 Å². The van der Waals surface area contributed by atoms with Crippen molar-refractivity contribution in [1.29, 1.82) is 0 Å². The van der Waals surface area contributed by atoms with E-state index in [1.165, 1.54) is 0 Å². The predicted octanol–water partition coefficient (Wildman–Crippen LogP) is 3.28. The number of nitrogens with zero attached hydrogens (tertiary/aromatic N) is 2. The van der Waals surface area contributed by atoms with Crippen LogP contribution in [0.3, 0.4) is 0 Å². The lowest BCUT2D eigenvalue weighted by atomic mass is 9.80. The Morgan fingerprint density at radius 1 is 1.35 bits per heavy atom. The van der Waals surface area contributed by atoms with E-state index >= 15 is 0 Å². The van der Waals surface area contributed by atoms with Crippen molar-refractivity contribution in [2.24, 2.45) is 10.2 Å². The van der Waals surface area contributed by atoms with E-state index < -0.39 is 11.6 Å². The summed E-state index contributed by atoms with van der Waals surface area (Å²) >= 11 is 0. The van der Waals surface area contributed by atoms with E-state index in [1.54, 1.807) is 0 Å². The maximum absolute atomic E-state index is 12.5. The standard InChI is InChI=1S/C20H23N3O3/c1-2-3-9-20(22-23-20)10-11-21-19(26)16-8-7-14-5-4-6-15(13-18(24)25)17(14)12-16/h1,7-8,12,15H,3-6,9-11,13H2,(H,21,26)(H,24,25). The summed E-state index contributed by atoms with van der Waals surface area (Å²) in [5.41, 5.74) is 2.33. The van der Waals surface area contributed by atoms with Gasteiger partial charge < -0.3 is 10.4 Å². The summed E-state index contributed by atoms with van der Waals surface area (Å²) in [4.78, 5) is 23.6. The van der Waals surface area contributed by atoms with Crippen LogP contribution in [0.4, 0.5) is 0 Å². The Kier molecular flexibility index (Phi) is 5.36. The first-order valence-corrected chi connectivity index (χ1v) is 9.03. The quantitative estimate of drug-likeness (QED) is 0.703. The molecule has 0 fully saturated rings. The second-order valence-corrected chi connectivity index (χ2v) is 6.99. The highest BCUT2D eigenvalue weighted by atomic mass is 16.4. The average Bonchev–Trinajstić information content (AvgIpc) is 3.39. The van der Waals surface area contributed by atoms with Gasteiger partial charge in [0.15, 0.2) is 5.66 Å². The summed E-state index contributed by atoms with van der Waals surface area (Å²) in [5, 5.41) is 20.1. The minimum atomic E-state index is -0.799. The first-order chi connectivity index (χ1) is 12.5. The fourth-order valence-corrected chi connectivity index (χ4v) is 3.61. The number of carbonyl (C=O) groups excluding carboxylic acids is 1. The van der Waals surface area contributed by atoms with Gasteiger partial charge in [0.1, 0.15) is 0 Å². The highest BCUT2D eigenvalue weighted by molar-refractivity contribution is 5.94. The molecule has 136 valence electrons. The topological polar surface area (TPSA) is 91.1 Å².